The Bertz CT molecular complexity index is 716. The van der Waals surface area contributed by atoms with Gasteiger partial charge in [-0.15, -0.1) is 0 Å². The van der Waals surface area contributed by atoms with E-state index in [4.69, 9.17) is 10.5 Å². The molecule has 2 rings (SSSR count). The molecule has 0 atom stereocenters. The summed E-state index contributed by atoms with van der Waals surface area (Å²) in [5, 5.41) is 0. The third-order valence-corrected chi connectivity index (χ3v) is 4.98. The van der Waals surface area contributed by atoms with E-state index >= 15 is 0 Å². The van der Waals surface area contributed by atoms with Crippen LogP contribution in [0.4, 0.5) is 5.69 Å². The predicted molar refractivity (Wildman–Crippen MR) is 82.6 cm³/mol. The van der Waals surface area contributed by atoms with Crippen molar-refractivity contribution >= 4 is 31.6 Å². The minimum absolute atomic E-state index is 0.00955. The number of hydrogen-bond donors (Lipinski definition) is 3. The van der Waals surface area contributed by atoms with Crippen molar-refractivity contribution in [1.82, 2.24) is 14.7 Å². The van der Waals surface area contributed by atoms with E-state index in [1.54, 1.807) is 12.5 Å². The van der Waals surface area contributed by atoms with Crippen LogP contribution in [0, 0.1) is 0 Å². The smallest absolute Gasteiger partial charge is 0.244 e. The number of H-pyrrole nitrogens is 1. The van der Waals surface area contributed by atoms with Gasteiger partial charge in [0.2, 0.25) is 10.0 Å². The predicted octanol–water partition coefficient (Wildman–Crippen LogP) is 1.28. The highest BCUT2D eigenvalue weighted by molar-refractivity contribution is 9.10. The van der Waals surface area contributed by atoms with Crippen LogP contribution in [0.15, 0.2) is 34.0 Å². The molecular weight excluding hydrogens is 360 g/mol. The molecule has 21 heavy (non-hydrogen) atoms. The van der Waals surface area contributed by atoms with Crippen LogP contribution >= 0.6 is 15.9 Å². The fourth-order valence-corrected chi connectivity index (χ4v) is 3.28. The van der Waals surface area contributed by atoms with Gasteiger partial charge in [0.15, 0.2) is 0 Å². The van der Waals surface area contributed by atoms with Crippen molar-refractivity contribution in [2.24, 2.45) is 0 Å². The summed E-state index contributed by atoms with van der Waals surface area (Å²) in [7, 11) is -2.30. The van der Waals surface area contributed by atoms with Gasteiger partial charge in [0.1, 0.15) is 10.6 Å². The summed E-state index contributed by atoms with van der Waals surface area (Å²) >= 11 is 3.24. The molecule has 0 saturated heterocycles. The molecule has 0 unspecified atom stereocenters. The van der Waals surface area contributed by atoms with Gasteiger partial charge in [-0.2, -0.15) is 0 Å². The van der Waals surface area contributed by atoms with Crippen LogP contribution in [0.5, 0.6) is 5.75 Å². The first-order valence-corrected chi connectivity index (χ1v) is 8.31. The third kappa shape index (κ3) is 3.74. The van der Waals surface area contributed by atoms with Crippen molar-refractivity contribution < 1.29 is 13.2 Å². The molecule has 0 bridgehead atoms. The van der Waals surface area contributed by atoms with Crippen molar-refractivity contribution in [3.8, 4) is 5.75 Å². The van der Waals surface area contributed by atoms with Gasteiger partial charge < -0.3 is 15.5 Å². The Kier molecular flexibility index (Phi) is 4.86. The highest BCUT2D eigenvalue weighted by atomic mass is 79.9. The average Bonchev–Trinajstić information content (AvgIpc) is 2.94. The highest BCUT2D eigenvalue weighted by Crippen LogP contribution is 2.32. The Balaban J connectivity index is 2.17. The maximum Gasteiger partial charge on any atom is 0.244 e. The Morgan fingerprint density at radius 2 is 2.24 bits per heavy atom. The Hall–Kier alpha value is -1.58. The van der Waals surface area contributed by atoms with Gasteiger partial charge in [0.05, 0.1) is 13.4 Å². The molecule has 9 heteroatoms. The van der Waals surface area contributed by atoms with Crippen LogP contribution in [0.1, 0.15) is 5.69 Å². The number of aromatic nitrogens is 2. The second-order valence-electron chi connectivity index (χ2n) is 4.25. The first kappa shape index (κ1) is 15.8. The number of imidazole rings is 1. The number of rotatable bonds is 6. The zero-order chi connectivity index (χ0) is 15.5. The van der Waals surface area contributed by atoms with Gasteiger partial charge in [-0.05, 0) is 28.1 Å². The first-order valence-electron chi connectivity index (χ1n) is 6.04. The summed E-state index contributed by atoms with van der Waals surface area (Å²) in [4.78, 5) is 6.78. The largest absolute Gasteiger partial charge is 0.495 e. The molecule has 7 nitrogen and oxygen atoms in total. The average molecular weight is 375 g/mol. The number of methoxy groups -OCH3 is 1. The monoisotopic (exact) mass is 374 g/mol. The Labute approximate surface area is 131 Å². The lowest BCUT2D eigenvalue weighted by Gasteiger charge is -2.12. The number of nitrogens with zero attached hydrogens (tertiary/aromatic N) is 1. The highest BCUT2D eigenvalue weighted by Gasteiger charge is 2.20. The van der Waals surface area contributed by atoms with Crippen LogP contribution in [0.2, 0.25) is 0 Å². The number of anilines is 1. The second-order valence-corrected chi connectivity index (χ2v) is 6.84. The zero-order valence-corrected chi connectivity index (χ0v) is 13.7. The van der Waals surface area contributed by atoms with Crippen LogP contribution in [0.25, 0.3) is 0 Å². The molecule has 2 aromatic rings. The van der Waals surface area contributed by atoms with Crippen molar-refractivity contribution in [3.63, 3.8) is 0 Å². The fraction of sp³-hybridized carbons (Fsp3) is 0.250. The van der Waals surface area contributed by atoms with Crippen LogP contribution < -0.4 is 15.2 Å². The molecule has 0 amide bonds. The van der Waals surface area contributed by atoms with Crippen LogP contribution in [-0.4, -0.2) is 32.0 Å². The molecule has 0 saturated carbocycles. The van der Waals surface area contributed by atoms with Gasteiger partial charge in [-0.3, -0.25) is 0 Å². The standard InChI is InChI=1S/C12H15BrN4O3S/c1-20-11-4-9(13)10(14)5-12(11)21(18,19)17-3-2-8-6-15-7-16-8/h4-7,17H,2-3,14H2,1H3,(H,15,16). The van der Waals surface area contributed by atoms with Crippen LogP contribution in [-0.2, 0) is 16.4 Å². The normalized spacial score (nSPS) is 11.5. The number of nitrogens with two attached hydrogens (primary N) is 1. The lowest BCUT2D eigenvalue weighted by atomic mass is 10.3. The van der Waals surface area contributed by atoms with Crippen molar-refractivity contribution in [2.75, 3.05) is 19.4 Å². The summed E-state index contributed by atoms with van der Waals surface area (Å²) < 4.78 is 32.8. The number of hydrogen-bond acceptors (Lipinski definition) is 5. The molecule has 0 spiro atoms. The summed E-state index contributed by atoms with van der Waals surface area (Å²) in [6.07, 6.45) is 3.70. The van der Waals surface area contributed by atoms with E-state index < -0.39 is 10.0 Å². The number of nitrogen functional groups attached to an aromatic ring is 1. The van der Waals surface area contributed by atoms with E-state index in [1.165, 1.54) is 19.2 Å². The molecule has 0 aliphatic rings. The number of sulfonamides is 1. The lowest BCUT2D eigenvalue weighted by Crippen LogP contribution is -2.26. The van der Waals surface area contributed by atoms with E-state index in [-0.39, 0.29) is 17.2 Å². The Morgan fingerprint density at radius 1 is 1.48 bits per heavy atom. The van der Waals surface area contributed by atoms with E-state index in [0.717, 1.165) is 5.69 Å². The van der Waals surface area contributed by atoms with E-state index in [9.17, 15) is 8.42 Å². The fourth-order valence-electron chi connectivity index (χ4n) is 1.74. The van der Waals surface area contributed by atoms with Gasteiger partial charge >= 0.3 is 0 Å². The molecule has 114 valence electrons. The number of aromatic amines is 1. The molecule has 0 aliphatic heterocycles. The number of nitrogens with one attached hydrogen (secondary N) is 2. The molecule has 4 N–H and O–H groups in total. The quantitative estimate of drug-likeness (QED) is 0.659. The van der Waals surface area contributed by atoms with Gasteiger partial charge in [-0.1, -0.05) is 0 Å². The minimum Gasteiger partial charge on any atom is -0.495 e. The first-order chi connectivity index (χ1) is 9.94. The molecule has 1 aromatic heterocycles. The maximum absolute atomic E-state index is 12.3. The zero-order valence-electron chi connectivity index (χ0n) is 11.3. The van der Waals surface area contributed by atoms with Gasteiger partial charge in [0, 0.05) is 35.0 Å². The number of ether oxygens (including phenoxy) is 1. The minimum atomic E-state index is -3.71. The van der Waals surface area contributed by atoms with Crippen molar-refractivity contribution in [3.05, 3.63) is 34.8 Å². The van der Waals surface area contributed by atoms with Crippen molar-refractivity contribution in [1.29, 1.82) is 0 Å². The summed E-state index contributed by atoms with van der Waals surface area (Å²) in [6.45, 7) is 0.240. The molecule has 1 heterocycles. The SMILES string of the molecule is COc1cc(Br)c(N)cc1S(=O)(=O)NCCc1cnc[nH]1. The second kappa shape index (κ2) is 6.46. The number of halogens is 1. The molecule has 0 fully saturated rings. The summed E-state index contributed by atoms with van der Waals surface area (Å²) in [5.41, 5.74) is 6.91. The van der Waals surface area contributed by atoms with Gasteiger partial charge in [-0.25, -0.2) is 18.1 Å². The summed E-state index contributed by atoms with van der Waals surface area (Å²) in [6, 6.07) is 2.89. The lowest BCUT2D eigenvalue weighted by molar-refractivity contribution is 0.402. The Morgan fingerprint density at radius 3 is 2.86 bits per heavy atom. The van der Waals surface area contributed by atoms with Crippen LogP contribution in [0.3, 0.4) is 0 Å². The van der Waals surface area contributed by atoms with E-state index in [1.807, 2.05) is 0 Å². The topological polar surface area (TPSA) is 110 Å². The van der Waals surface area contributed by atoms with E-state index in [0.29, 0.717) is 16.6 Å². The molecule has 0 radical (unpaired) electrons. The van der Waals surface area contributed by atoms with Gasteiger partial charge in [0.25, 0.3) is 0 Å². The third-order valence-electron chi connectivity index (χ3n) is 2.81. The molecule has 0 aliphatic carbocycles. The molecular formula is C12H15BrN4O3S. The summed E-state index contributed by atoms with van der Waals surface area (Å²) in [5.74, 6) is 0.227. The van der Waals surface area contributed by atoms with E-state index in [2.05, 4.69) is 30.6 Å². The maximum atomic E-state index is 12.3. The number of benzene rings is 1. The molecule has 1 aromatic carbocycles. The van der Waals surface area contributed by atoms with Crippen molar-refractivity contribution in [2.45, 2.75) is 11.3 Å².